The van der Waals surface area contributed by atoms with Crippen LogP contribution in [0.3, 0.4) is 0 Å². The summed E-state index contributed by atoms with van der Waals surface area (Å²) in [5, 5.41) is 6.54. The van der Waals surface area contributed by atoms with E-state index in [0.29, 0.717) is 16.2 Å². The Bertz CT molecular complexity index is 263. The molecule has 0 bridgehead atoms. The highest BCUT2D eigenvalue weighted by Crippen LogP contribution is 2.24. The monoisotopic (exact) mass is 216 g/mol. The molecule has 0 spiro atoms. The molecule has 2 unspecified atom stereocenters. The summed E-state index contributed by atoms with van der Waals surface area (Å²) in [6, 6.07) is 3.80. The zero-order valence-corrected chi connectivity index (χ0v) is 9.27. The minimum Gasteiger partial charge on any atom is -0.278 e. The van der Waals surface area contributed by atoms with Crippen LogP contribution in [0.2, 0.25) is 5.02 Å². The smallest absolute Gasteiger partial charge is 0.0589 e. The lowest BCUT2D eigenvalue weighted by atomic mass is 10.0. The van der Waals surface area contributed by atoms with Crippen molar-refractivity contribution in [1.29, 1.82) is 0 Å². The number of hydrogen-bond acceptors (Lipinski definition) is 3. The zero-order valence-electron chi connectivity index (χ0n) is 7.70. The van der Waals surface area contributed by atoms with Gasteiger partial charge in [0.05, 0.1) is 5.02 Å². The highest BCUT2D eigenvalue weighted by Gasteiger charge is 2.14. The Morgan fingerprint density at radius 1 is 1.46 bits per heavy atom. The van der Waals surface area contributed by atoms with Crippen molar-refractivity contribution in [1.82, 2.24) is 4.98 Å². The molecule has 0 aromatic carbocycles. The van der Waals surface area contributed by atoms with Gasteiger partial charge in [-0.15, -0.1) is 0 Å². The van der Waals surface area contributed by atoms with Crippen molar-refractivity contribution in [2.75, 3.05) is 0 Å². The van der Waals surface area contributed by atoms with Crippen molar-refractivity contribution in [2.24, 2.45) is 5.14 Å². The number of aromatic nitrogens is 1. The topological polar surface area (TPSA) is 38.9 Å². The first kappa shape index (κ1) is 10.8. The first-order valence-corrected chi connectivity index (χ1v) is 5.44. The van der Waals surface area contributed by atoms with Gasteiger partial charge >= 0.3 is 0 Å². The van der Waals surface area contributed by atoms with Crippen molar-refractivity contribution in [3.8, 4) is 0 Å². The second-order valence-corrected chi connectivity index (χ2v) is 4.48. The maximum atomic E-state index is 5.74. The van der Waals surface area contributed by atoms with Gasteiger partial charge in [-0.3, -0.25) is 10.1 Å². The molecule has 1 rings (SSSR count). The largest absolute Gasteiger partial charge is 0.278 e. The van der Waals surface area contributed by atoms with Crippen LogP contribution in [0.15, 0.2) is 18.3 Å². The van der Waals surface area contributed by atoms with E-state index in [9.17, 15) is 0 Å². The van der Waals surface area contributed by atoms with Crippen LogP contribution in [0, 0.1) is 0 Å². The fourth-order valence-corrected chi connectivity index (χ4v) is 1.50. The molecule has 0 amide bonds. The molecule has 0 aliphatic rings. The van der Waals surface area contributed by atoms with E-state index in [1.165, 1.54) is 11.9 Å². The highest BCUT2D eigenvalue weighted by molar-refractivity contribution is 7.97. The quantitative estimate of drug-likeness (QED) is 0.790. The number of rotatable bonds is 3. The molecule has 13 heavy (non-hydrogen) atoms. The van der Waals surface area contributed by atoms with Crippen molar-refractivity contribution < 1.29 is 0 Å². The maximum Gasteiger partial charge on any atom is 0.0589 e. The Morgan fingerprint density at radius 2 is 2.15 bits per heavy atom. The molecule has 1 aromatic rings. The van der Waals surface area contributed by atoms with E-state index in [1.807, 2.05) is 12.1 Å². The van der Waals surface area contributed by atoms with Gasteiger partial charge in [0, 0.05) is 23.1 Å². The molecule has 72 valence electrons. The van der Waals surface area contributed by atoms with Gasteiger partial charge in [-0.2, -0.15) is 0 Å². The van der Waals surface area contributed by atoms with Crippen LogP contribution >= 0.6 is 23.5 Å². The van der Waals surface area contributed by atoms with Crippen molar-refractivity contribution in [3.05, 3.63) is 29.0 Å². The molecule has 2 atom stereocenters. The fourth-order valence-electron chi connectivity index (χ4n) is 1.01. The molecule has 4 heteroatoms. The number of pyridine rings is 1. The van der Waals surface area contributed by atoms with E-state index in [1.54, 1.807) is 6.20 Å². The summed E-state index contributed by atoms with van der Waals surface area (Å²) in [7, 11) is 0. The average molecular weight is 217 g/mol. The van der Waals surface area contributed by atoms with E-state index < -0.39 is 0 Å². The summed E-state index contributed by atoms with van der Waals surface area (Å²) < 4.78 is 0. The van der Waals surface area contributed by atoms with Crippen molar-refractivity contribution in [3.63, 3.8) is 0 Å². The van der Waals surface area contributed by atoms with Gasteiger partial charge in [0.25, 0.3) is 0 Å². The third-order valence-corrected chi connectivity index (χ3v) is 3.20. The predicted molar refractivity (Wildman–Crippen MR) is 58.9 cm³/mol. The molecule has 0 aliphatic carbocycles. The third-order valence-electron chi connectivity index (χ3n) is 2.14. The molecule has 0 saturated heterocycles. The summed E-state index contributed by atoms with van der Waals surface area (Å²) >= 11 is 7.10. The average Bonchev–Trinajstić information content (AvgIpc) is 2.17. The number of nitrogens with zero attached hydrogens (tertiary/aromatic N) is 1. The zero-order chi connectivity index (χ0) is 9.84. The second-order valence-electron chi connectivity index (χ2n) is 3.03. The molecule has 0 saturated carbocycles. The van der Waals surface area contributed by atoms with Gasteiger partial charge in [0.1, 0.15) is 0 Å². The van der Waals surface area contributed by atoms with E-state index in [-0.39, 0.29) is 0 Å². The van der Waals surface area contributed by atoms with Crippen LogP contribution in [0.4, 0.5) is 0 Å². The maximum absolute atomic E-state index is 5.74. The Balaban J connectivity index is 2.77. The van der Waals surface area contributed by atoms with Crippen molar-refractivity contribution >= 4 is 23.5 Å². The summed E-state index contributed by atoms with van der Waals surface area (Å²) in [6.45, 7) is 4.20. The van der Waals surface area contributed by atoms with Crippen LogP contribution in [0.1, 0.15) is 25.5 Å². The lowest BCUT2D eigenvalue weighted by Crippen LogP contribution is -2.11. The van der Waals surface area contributed by atoms with Crippen LogP contribution in [-0.2, 0) is 0 Å². The van der Waals surface area contributed by atoms with Crippen LogP contribution in [0.25, 0.3) is 0 Å². The normalized spacial score (nSPS) is 15.4. The standard InChI is InChI=1S/C9H13ClN2S/c1-6(7(2)13-11)9-4-3-8(10)5-12-9/h3-7H,11H2,1-2H3. The number of halogens is 1. The van der Waals surface area contributed by atoms with Gasteiger partial charge in [-0.1, -0.05) is 37.4 Å². The minimum atomic E-state index is 0.354. The van der Waals surface area contributed by atoms with Crippen LogP contribution < -0.4 is 5.14 Å². The Kier molecular flexibility index (Phi) is 4.03. The van der Waals surface area contributed by atoms with Gasteiger partial charge < -0.3 is 0 Å². The predicted octanol–water partition coefficient (Wildman–Crippen LogP) is 2.83. The summed E-state index contributed by atoms with van der Waals surface area (Å²) in [4.78, 5) is 4.25. The SMILES string of the molecule is CC(SN)C(C)c1ccc(Cl)cn1. The molecule has 0 radical (unpaired) electrons. The van der Waals surface area contributed by atoms with Gasteiger partial charge in [-0.05, 0) is 12.1 Å². The van der Waals surface area contributed by atoms with E-state index in [2.05, 4.69) is 18.8 Å². The molecule has 0 aliphatic heterocycles. The molecular formula is C9H13ClN2S. The van der Waals surface area contributed by atoms with E-state index in [4.69, 9.17) is 16.7 Å². The molecular weight excluding hydrogens is 204 g/mol. The van der Waals surface area contributed by atoms with E-state index in [0.717, 1.165) is 5.69 Å². The fraction of sp³-hybridized carbons (Fsp3) is 0.444. The highest BCUT2D eigenvalue weighted by atomic mass is 35.5. The second kappa shape index (κ2) is 4.84. The van der Waals surface area contributed by atoms with Crippen LogP contribution in [-0.4, -0.2) is 10.2 Å². The molecule has 1 heterocycles. The molecule has 2 N–H and O–H groups in total. The lowest BCUT2D eigenvalue weighted by molar-refractivity contribution is 0.724. The van der Waals surface area contributed by atoms with E-state index >= 15 is 0 Å². The number of nitrogens with two attached hydrogens (primary N) is 1. The third kappa shape index (κ3) is 2.86. The molecule has 2 nitrogen and oxygen atoms in total. The van der Waals surface area contributed by atoms with Gasteiger partial charge in [0.2, 0.25) is 0 Å². The van der Waals surface area contributed by atoms with Crippen LogP contribution in [0.5, 0.6) is 0 Å². The summed E-state index contributed by atoms with van der Waals surface area (Å²) in [5.74, 6) is 0.354. The molecule has 0 fully saturated rings. The summed E-state index contributed by atoms with van der Waals surface area (Å²) in [5.41, 5.74) is 1.04. The van der Waals surface area contributed by atoms with Gasteiger partial charge in [0.15, 0.2) is 0 Å². The first-order chi connectivity index (χ1) is 6.15. The van der Waals surface area contributed by atoms with Crippen molar-refractivity contribution in [2.45, 2.75) is 25.0 Å². The Morgan fingerprint density at radius 3 is 2.62 bits per heavy atom. The number of hydrogen-bond donors (Lipinski definition) is 1. The first-order valence-electron chi connectivity index (χ1n) is 4.12. The van der Waals surface area contributed by atoms with Gasteiger partial charge in [-0.25, -0.2) is 0 Å². The summed E-state index contributed by atoms with van der Waals surface area (Å²) in [6.07, 6.45) is 1.67. The minimum absolute atomic E-state index is 0.354. The Hall–Kier alpha value is -0.250. The molecule has 1 aromatic heterocycles. The Labute approximate surface area is 88.0 Å². The lowest BCUT2D eigenvalue weighted by Gasteiger charge is -2.16.